The number of piperazine rings is 1. The van der Waals surface area contributed by atoms with E-state index in [1.807, 2.05) is 18.2 Å². The lowest BCUT2D eigenvalue weighted by molar-refractivity contribution is 0.208. The Morgan fingerprint density at radius 2 is 1.84 bits per heavy atom. The predicted octanol–water partition coefficient (Wildman–Crippen LogP) is 3.50. The smallest absolute Gasteiger partial charge is 0.322 e. The lowest BCUT2D eigenvalue weighted by Gasteiger charge is -2.34. The maximum atomic E-state index is 12.7. The monoisotopic (exact) mass is 439 g/mol. The first-order chi connectivity index (χ1) is 15.2. The fraction of sp³-hybridized carbons (Fsp3) is 0.318. The molecule has 3 aromatic rings. The third-order valence-electron chi connectivity index (χ3n) is 5.15. The minimum absolute atomic E-state index is 0.148. The number of ether oxygens (including phenoxy) is 2. The van der Waals surface area contributed by atoms with Gasteiger partial charge in [0.2, 0.25) is 5.13 Å². The number of aromatic nitrogens is 2. The number of nitrogens with one attached hydrogen (secondary N) is 1. The summed E-state index contributed by atoms with van der Waals surface area (Å²) in [6, 6.07) is 15.4. The van der Waals surface area contributed by atoms with Crippen molar-refractivity contribution >= 4 is 28.4 Å². The van der Waals surface area contributed by atoms with Crippen molar-refractivity contribution in [1.29, 1.82) is 0 Å². The van der Waals surface area contributed by atoms with Crippen LogP contribution in [-0.2, 0) is 6.42 Å². The van der Waals surface area contributed by atoms with Gasteiger partial charge in [0.15, 0.2) is 0 Å². The number of amides is 2. The number of benzene rings is 2. The highest BCUT2D eigenvalue weighted by Gasteiger charge is 2.24. The SMILES string of the molecule is COc1ccc(NC(=O)N2CCN(c3nc(Cc4ccccc4)ns3)CC2)c(OC)c1. The van der Waals surface area contributed by atoms with Crippen LogP contribution in [0.1, 0.15) is 11.4 Å². The molecule has 2 heterocycles. The summed E-state index contributed by atoms with van der Waals surface area (Å²) in [5.41, 5.74) is 1.81. The first kappa shape index (κ1) is 20.9. The molecular weight excluding hydrogens is 414 g/mol. The molecule has 1 N–H and O–H groups in total. The zero-order chi connectivity index (χ0) is 21.6. The second-order valence-electron chi connectivity index (χ2n) is 7.13. The maximum absolute atomic E-state index is 12.7. The van der Waals surface area contributed by atoms with E-state index in [-0.39, 0.29) is 6.03 Å². The number of carbonyl (C=O) groups is 1. The average molecular weight is 440 g/mol. The zero-order valence-corrected chi connectivity index (χ0v) is 18.4. The Balaban J connectivity index is 1.32. The van der Waals surface area contributed by atoms with E-state index in [2.05, 4.69) is 26.7 Å². The Morgan fingerprint density at radius 1 is 1.06 bits per heavy atom. The molecule has 4 rings (SSSR count). The topological polar surface area (TPSA) is 79.8 Å². The normalized spacial score (nSPS) is 13.7. The quantitative estimate of drug-likeness (QED) is 0.633. The lowest BCUT2D eigenvalue weighted by atomic mass is 10.1. The third kappa shape index (κ3) is 5.05. The number of hydrogen-bond acceptors (Lipinski definition) is 7. The van der Waals surface area contributed by atoms with Gasteiger partial charge in [0.25, 0.3) is 0 Å². The molecule has 9 heteroatoms. The first-order valence-electron chi connectivity index (χ1n) is 10.1. The van der Waals surface area contributed by atoms with Crippen LogP contribution in [0.5, 0.6) is 11.5 Å². The van der Waals surface area contributed by atoms with Crippen LogP contribution in [0, 0.1) is 0 Å². The van der Waals surface area contributed by atoms with E-state index in [4.69, 9.17) is 14.5 Å². The van der Waals surface area contributed by atoms with Gasteiger partial charge in [-0.15, -0.1) is 0 Å². The standard InChI is InChI=1S/C22H25N5O3S/c1-29-17-8-9-18(19(15-17)30-2)23-21(28)26-10-12-27(13-11-26)22-24-20(25-31-22)14-16-6-4-3-5-7-16/h3-9,15H,10-14H2,1-2H3,(H,23,28). The van der Waals surface area contributed by atoms with E-state index >= 15 is 0 Å². The zero-order valence-electron chi connectivity index (χ0n) is 17.6. The third-order valence-corrected chi connectivity index (χ3v) is 5.96. The van der Waals surface area contributed by atoms with Crippen molar-refractivity contribution in [3.05, 3.63) is 59.9 Å². The van der Waals surface area contributed by atoms with Crippen LogP contribution in [0.25, 0.3) is 0 Å². The largest absolute Gasteiger partial charge is 0.497 e. The van der Waals surface area contributed by atoms with E-state index < -0.39 is 0 Å². The van der Waals surface area contributed by atoms with Crippen molar-refractivity contribution in [2.24, 2.45) is 0 Å². The van der Waals surface area contributed by atoms with Crippen molar-refractivity contribution in [3.8, 4) is 11.5 Å². The summed E-state index contributed by atoms with van der Waals surface area (Å²) in [5.74, 6) is 2.07. The van der Waals surface area contributed by atoms with Crippen molar-refractivity contribution in [3.63, 3.8) is 0 Å². The molecule has 1 fully saturated rings. The van der Waals surface area contributed by atoms with Gasteiger partial charge < -0.3 is 24.6 Å². The van der Waals surface area contributed by atoms with Crippen LogP contribution in [0.4, 0.5) is 15.6 Å². The summed E-state index contributed by atoms with van der Waals surface area (Å²) in [7, 11) is 3.16. The molecule has 2 amide bonds. The van der Waals surface area contributed by atoms with E-state index in [1.54, 1.807) is 37.3 Å². The fourth-order valence-electron chi connectivity index (χ4n) is 3.42. The Morgan fingerprint density at radius 3 is 2.55 bits per heavy atom. The van der Waals surface area contributed by atoms with Crippen LogP contribution >= 0.6 is 11.5 Å². The Labute approximate surface area is 185 Å². The molecule has 162 valence electrons. The summed E-state index contributed by atoms with van der Waals surface area (Å²) >= 11 is 1.41. The first-order valence-corrected chi connectivity index (χ1v) is 10.8. The molecule has 0 spiro atoms. The second-order valence-corrected chi connectivity index (χ2v) is 7.86. The van der Waals surface area contributed by atoms with E-state index in [0.717, 1.165) is 17.4 Å². The average Bonchev–Trinajstić information content (AvgIpc) is 3.28. The number of urea groups is 1. The molecule has 0 bridgehead atoms. The Hall–Kier alpha value is -3.33. The highest BCUT2D eigenvalue weighted by atomic mass is 32.1. The lowest BCUT2D eigenvalue weighted by Crippen LogP contribution is -2.50. The summed E-state index contributed by atoms with van der Waals surface area (Å²) in [6.07, 6.45) is 0.726. The summed E-state index contributed by atoms with van der Waals surface area (Å²) in [6.45, 7) is 2.65. The van der Waals surface area contributed by atoms with E-state index in [0.29, 0.717) is 43.4 Å². The molecule has 0 unspecified atom stereocenters. The Bertz CT molecular complexity index is 1020. The second kappa shape index (κ2) is 9.65. The molecule has 0 atom stereocenters. The maximum Gasteiger partial charge on any atom is 0.322 e. The molecule has 1 aromatic heterocycles. The summed E-state index contributed by atoms with van der Waals surface area (Å²) < 4.78 is 15.1. The number of methoxy groups -OCH3 is 2. The van der Waals surface area contributed by atoms with Crippen molar-refractivity contribution < 1.29 is 14.3 Å². The van der Waals surface area contributed by atoms with Crippen molar-refractivity contribution in [1.82, 2.24) is 14.3 Å². The van der Waals surface area contributed by atoms with Gasteiger partial charge in [0, 0.05) is 50.2 Å². The molecule has 0 radical (unpaired) electrons. The van der Waals surface area contributed by atoms with Crippen molar-refractivity contribution in [2.45, 2.75) is 6.42 Å². The van der Waals surface area contributed by atoms with Crippen LogP contribution < -0.4 is 19.7 Å². The van der Waals surface area contributed by atoms with E-state index in [9.17, 15) is 4.79 Å². The number of carbonyl (C=O) groups excluding carboxylic acids is 1. The molecule has 1 aliphatic rings. The molecule has 1 saturated heterocycles. The van der Waals surface area contributed by atoms with Gasteiger partial charge in [-0.05, 0) is 17.7 Å². The molecule has 2 aromatic carbocycles. The molecule has 0 saturated carbocycles. The summed E-state index contributed by atoms with van der Waals surface area (Å²) in [5, 5.41) is 3.84. The summed E-state index contributed by atoms with van der Waals surface area (Å²) in [4.78, 5) is 21.4. The Kier molecular flexibility index (Phi) is 6.51. The molecule has 1 aliphatic heterocycles. The molecule has 31 heavy (non-hydrogen) atoms. The molecular formula is C22H25N5O3S. The van der Waals surface area contributed by atoms with Crippen LogP contribution in [0.2, 0.25) is 0 Å². The number of hydrogen-bond donors (Lipinski definition) is 1. The van der Waals surface area contributed by atoms with Gasteiger partial charge in [0.1, 0.15) is 17.3 Å². The molecule has 0 aliphatic carbocycles. The molecule has 8 nitrogen and oxygen atoms in total. The highest BCUT2D eigenvalue weighted by molar-refractivity contribution is 7.09. The van der Waals surface area contributed by atoms with Gasteiger partial charge in [-0.3, -0.25) is 0 Å². The van der Waals surface area contributed by atoms with Crippen molar-refractivity contribution in [2.75, 3.05) is 50.6 Å². The number of rotatable bonds is 6. The highest BCUT2D eigenvalue weighted by Crippen LogP contribution is 2.29. The van der Waals surface area contributed by atoms with Crippen LogP contribution in [0.15, 0.2) is 48.5 Å². The number of anilines is 2. The minimum atomic E-state index is -0.148. The predicted molar refractivity (Wildman–Crippen MR) is 122 cm³/mol. The van der Waals surface area contributed by atoms with E-state index in [1.165, 1.54) is 17.1 Å². The van der Waals surface area contributed by atoms with Gasteiger partial charge in [0.05, 0.1) is 19.9 Å². The van der Waals surface area contributed by atoms with Crippen LogP contribution in [0.3, 0.4) is 0 Å². The van der Waals surface area contributed by atoms with Gasteiger partial charge in [-0.25, -0.2) is 9.78 Å². The number of nitrogens with zero attached hydrogens (tertiary/aromatic N) is 4. The fourth-order valence-corrected chi connectivity index (χ4v) is 4.16. The minimum Gasteiger partial charge on any atom is -0.497 e. The van der Waals surface area contributed by atoms with Crippen LogP contribution in [-0.4, -0.2) is 60.7 Å². The van der Waals surface area contributed by atoms with Gasteiger partial charge in [-0.1, -0.05) is 30.3 Å². The van der Waals surface area contributed by atoms with Gasteiger partial charge in [-0.2, -0.15) is 4.37 Å². The van der Waals surface area contributed by atoms with Gasteiger partial charge >= 0.3 is 6.03 Å².